The number of hydrogen-bond donors (Lipinski definition) is 1. The Hall–Kier alpha value is -0.890. The highest BCUT2D eigenvalue weighted by Gasteiger charge is 2.00. The smallest absolute Gasteiger partial charge is 0.0299 e. The van der Waals surface area contributed by atoms with Crippen molar-refractivity contribution in [2.24, 2.45) is 0 Å². The maximum Gasteiger partial charge on any atom is 0.0299 e. The van der Waals surface area contributed by atoms with Gasteiger partial charge in [0.1, 0.15) is 0 Å². The quantitative estimate of drug-likeness (QED) is 0.748. The average Bonchev–Trinajstić information content (AvgIpc) is 2.25. The summed E-state index contributed by atoms with van der Waals surface area (Å²) >= 11 is 0. The molecule has 0 saturated heterocycles. The van der Waals surface area contributed by atoms with Gasteiger partial charge >= 0.3 is 0 Å². The second-order valence-corrected chi connectivity index (χ2v) is 3.76. The lowest BCUT2D eigenvalue weighted by atomic mass is 10.1. The van der Waals surface area contributed by atoms with Gasteiger partial charge in [-0.25, -0.2) is 0 Å². The van der Waals surface area contributed by atoms with E-state index in [4.69, 9.17) is 0 Å². The van der Waals surface area contributed by atoms with Crippen molar-refractivity contribution in [3.63, 3.8) is 0 Å². The largest absolute Gasteiger partial charge is 0.314 e. The van der Waals surface area contributed by atoms with E-state index in [0.29, 0.717) is 6.04 Å². The maximum atomic E-state index is 4.10. The summed E-state index contributed by atoms with van der Waals surface area (Å²) in [5, 5.41) is 3.48. The first-order chi connectivity index (χ1) is 6.83. The van der Waals surface area contributed by atoms with E-state index in [9.17, 15) is 0 Å². The van der Waals surface area contributed by atoms with Gasteiger partial charge < -0.3 is 5.32 Å². The highest BCUT2D eigenvalue weighted by Crippen LogP contribution is 2.02. The Bertz CT molecular complexity index is 233. The Morgan fingerprint density at radius 3 is 3.00 bits per heavy atom. The van der Waals surface area contributed by atoms with Gasteiger partial charge in [-0.3, -0.25) is 4.98 Å². The topological polar surface area (TPSA) is 24.9 Å². The first kappa shape index (κ1) is 11.2. The highest BCUT2D eigenvalue weighted by atomic mass is 14.9. The van der Waals surface area contributed by atoms with Gasteiger partial charge in [0.05, 0.1) is 0 Å². The first-order valence-electron chi connectivity index (χ1n) is 5.45. The van der Waals surface area contributed by atoms with E-state index < -0.39 is 0 Å². The maximum absolute atomic E-state index is 4.10. The van der Waals surface area contributed by atoms with Crippen molar-refractivity contribution in [1.29, 1.82) is 0 Å². The molecule has 1 heterocycles. The van der Waals surface area contributed by atoms with Gasteiger partial charge in [0, 0.05) is 18.4 Å². The third kappa shape index (κ3) is 4.38. The van der Waals surface area contributed by atoms with Gasteiger partial charge in [-0.05, 0) is 44.4 Å². The van der Waals surface area contributed by atoms with E-state index in [0.717, 1.165) is 13.0 Å². The molecule has 2 heteroatoms. The molecular weight excluding hydrogens is 172 g/mol. The predicted molar refractivity (Wildman–Crippen MR) is 60.3 cm³/mol. The van der Waals surface area contributed by atoms with E-state index in [1.165, 1.54) is 18.4 Å². The fraction of sp³-hybridized carbons (Fsp3) is 0.583. The van der Waals surface area contributed by atoms with Crippen LogP contribution in [0.1, 0.15) is 32.3 Å². The van der Waals surface area contributed by atoms with Crippen LogP contribution in [0.4, 0.5) is 0 Å². The first-order valence-corrected chi connectivity index (χ1v) is 5.45. The van der Waals surface area contributed by atoms with Crippen LogP contribution in [0.5, 0.6) is 0 Å². The molecule has 1 N–H and O–H groups in total. The molecular formula is C12H20N2. The third-order valence-corrected chi connectivity index (χ3v) is 2.33. The molecule has 1 aromatic heterocycles. The fourth-order valence-electron chi connectivity index (χ4n) is 1.42. The van der Waals surface area contributed by atoms with Crippen LogP contribution < -0.4 is 5.32 Å². The minimum Gasteiger partial charge on any atom is -0.314 e. The van der Waals surface area contributed by atoms with Crippen LogP contribution in [0, 0.1) is 0 Å². The van der Waals surface area contributed by atoms with Crippen LogP contribution >= 0.6 is 0 Å². The molecule has 0 aliphatic carbocycles. The number of hydrogen-bond acceptors (Lipinski definition) is 2. The van der Waals surface area contributed by atoms with Gasteiger partial charge in [0.15, 0.2) is 0 Å². The molecule has 0 fully saturated rings. The molecule has 0 saturated carbocycles. The molecule has 0 aromatic carbocycles. The van der Waals surface area contributed by atoms with Gasteiger partial charge in [-0.1, -0.05) is 13.0 Å². The van der Waals surface area contributed by atoms with Crippen LogP contribution in [-0.2, 0) is 6.42 Å². The molecule has 0 spiro atoms. The van der Waals surface area contributed by atoms with Crippen LogP contribution in [0.15, 0.2) is 24.5 Å². The Morgan fingerprint density at radius 2 is 2.36 bits per heavy atom. The Balaban J connectivity index is 2.20. The monoisotopic (exact) mass is 192 g/mol. The minimum absolute atomic E-state index is 0.607. The summed E-state index contributed by atoms with van der Waals surface area (Å²) in [6, 6.07) is 4.74. The lowest BCUT2D eigenvalue weighted by Crippen LogP contribution is -2.27. The Kier molecular flexibility index (Phi) is 5.23. The van der Waals surface area contributed by atoms with Crippen molar-refractivity contribution in [3.05, 3.63) is 30.1 Å². The van der Waals surface area contributed by atoms with Crippen molar-refractivity contribution in [1.82, 2.24) is 10.3 Å². The number of nitrogens with one attached hydrogen (secondary N) is 1. The summed E-state index contributed by atoms with van der Waals surface area (Å²) in [6.45, 7) is 5.56. The van der Waals surface area contributed by atoms with E-state index in [-0.39, 0.29) is 0 Å². The highest BCUT2D eigenvalue weighted by molar-refractivity contribution is 5.08. The SMILES string of the molecule is CCCNC(C)CCc1cccnc1. The van der Waals surface area contributed by atoms with Crippen molar-refractivity contribution < 1.29 is 0 Å². The molecule has 78 valence electrons. The second-order valence-electron chi connectivity index (χ2n) is 3.76. The van der Waals surface area contributed by atoms with Crippen molar-refractivity contribution in [2.45, 2.75) is 39.2 Å². The zero-order valence-electron chi connectivity index (χ0n) is 9.16. The van der Waals surface area contributed by atoms with E-state index in [1.807, 2.05) is 18.5 Å². The standard InChI is InChI=1S/C12H20N2/c1-3-8-14-11(2)6-7-12-5-4-9-13-10-12/h4-5,9-11,14H,3,6-8H2,1-2H3. The van der Waals surface area contributed by atoms with Gasteiger partial charge in [-0.15, -0.1) is 0 Å². The van der Waals surface area contributed by atoms with Crippen LogP contribution in [0.25, 0.3) is 0 Å². The molecule has 1 atom stereocenters. The van der Waals surface area contributed by atoms with E-state index in [1.54, 1.807) is 0 Å². The van der Waals surface area contributed by atoms with Crippen molar-refractivity contribution in [3.8, 4) is 0 Å². The number of rotatable bonds is 6. The lowest BCUT2D eigenvalue weighted by molar-refractivity contribution is 0.513. The van der Waals surface area contributed by atoms with E-state index >= 15 is 0 Å². The molecule has 1 aromatic rings. The molecule has 0 aliphatic rings. The summed E-state index contributed by atoms with van der Waals surface area (Å²) in [4.78, 5) is 4.10. The van der Waals surface area contributed by atoms with Crippen molar-refractivity contribution >= 4 is 0 Å². The predicted octanol–water partition coefficient (Wildman–Crippen LogP) is 2.40. The summed E-state index contributed by atoms with van der Waals surface area (Å²) < 4.78 is 0. The summed E-state index contributed by atoms with van der Waals surface area (Å²) in [5.41, 5.74) is 1.33. The molecule has 2 nitrogen and oxygen atoms in total. The molecule has 0 radical (unpaired) electrons. The van der Waals surface area contributed by atoms with Crippen LogP contribution in [-0.4, -0.2) is 17.6 Å². The molecule has 1 rings (SSSR count). The second kappa shape index (κ2) is 6.55. The molecule has 1 unspecified atom stereocenters. The molecule has 14 heavy (non-hydrogen) atoms. The molecule has 0 bridgehead atoms. The van der Waals surface area contributed by atoms with Gasteiger partial charge in [0.2, 0.25) is 0 Å². The third-order valence-electron chi connectivity index (χ3n) is 2.33. The number of pyridine rings is 1. The normalized spacial score (nSPS) is 12.7. The van der Waals surface area contributed by atoms with Gasteiger partial charge in [0.25, 0.3) is 0 Å². The fourth-order valence-corrected chi connectivity index (χ4v) is 1.42. The molecule has 0 amide bonds. The zero-order chi connectivity index (χ0) is 10.2. The minimum atomic E-state index is 0.607. The Labute approximate surface area is 86.8 Å². The number of nitrogens with zero attached hydrogens (tertiary/aromatic N) is 1. The Morgan fingerprint density at radius 1 is 1.50 bits per heavy atom. The van der Waals surface area contributed by atoms with E-state index in [2.05, 4.69) is 30.2 Å². The lowest BCUT2D eigenvalue weighted by Gasteiger charge is -2.12. The van der Waals surface area contributed by atoms with Crippen LogP contribution in [0.2, 0.25) is 0 Å². The van der Waals surface area contributed by atoms with Crippen molar-refractivity contribution in [2.75, 3.05) is 6.54 Å². The van der Waals surface area contributed by atoms with Crippen LogP contribution in [0.3, 0.4) is 0 Å². The summed E-state index contributed by atoms with van der Waals surface area (Å²) in [6.07, 6.45) is 7.28. The zero-order valence-corrected chi connectivity index (χ0v) is 9.16. The molecule has 0 aliphatic heterocycles. The summed E-state index contributed by atoms with van der Waals surface area (Å²) in [7, 11) is 0. The average molecular weight is 192 g/mol. The van der Waals surface area contributed by atoms with Gasteiger partial charge in [-0.2, -0.15) is 0 Å². The number of aromatic nitrogens is 1. The number of aryl methyl sites for hydroxylation is 1. The summed E-state index contributed by atoms with van der Waals surface area (Å²) in [5.74, 6) is 0.